The van der Waals surface area contributed by atoms with Crippen molar-refractivity contribution in [2.24, 2.45) is 0 Å². The van der Waals surface area contributed by atoms with Crippen LogP contribution in [-0.2, 0) is 0 Å². The van der Waals surface area contributed by atoms with Gasteiger partial charge in [-0.05, 0) is 36.4 Å². The smallest absolute Gasteiger partial charge is 0.341 e. The molecule has 0 aromatic heterocycles. The van der Waals surface area contributed by atoms with Crippen molar-refractivity contribution < 1.29 is 29.3 Å². The van der Waals surface area contributed by atoms with Crippen LogP contribution in [0.25, 0.3) is 0 Å². The molecule has 3 aromatic rings. The van der Waals surface area contributed by atoms with Crippen molar-refractivity contribution in [3.05, 3.63) is 111 Å². The van der Waals surface area contributed by atoms with Crippen molar-refractivity contribution in [1.29, 1.82) is 0 Å². The molecular weight excluding hydrogens is 564 g/mol. The maximum absolute atomic E-state index is 10.7. The largest absolute Gasteiger partial charge is 0.494 e. The molecule has 0 aliphatic carbocycles. The van der Waals surface area contributed by atoms with Crippen molar-refractivity contribution >= 4 is 64.0 Å². The fourth-order valence-electron chi connectivity index (χ4n) is 2.75. The molecule has 0 spiro atoms. The summed E-state index contributed by atoms with van der Waals surface area (Å²) in [6.07, 6.45) is 3.45. The number of carboxylic acid groups (broad SMARTS) is 2. The normalized spacial score (nSPS) is 9.46. The van der Waals surface area contributed by atoms with Crippen molar-refractivity contribution in [1.82, 2.24) is 0 Å². The number of anilines is 1. The van der Waals surface area contributed by atoms with Crippen LogP contribution in [0.1, 0.15) is 20.7 Å². The highest BCUT2D eigenvalue weighted by molar-refractivity contribution is 6.37. The lowest BCUT2D eigenvalue weighted by Crippen LogP contribution is -2.04. The summed E-state index contributed by atoms with van der Waals surface area (Å²) >= 11 is 22.7. The van der Waals surface area contributed by atoms with E-state index in [1.54, 1.807) is 12.4 Å². The van der Waals surface area contributed by atoms with Crippen LogP contribution in [0, 0.1) is 0 Å². The van der Waals surface area contributed by atoms with E-state index in [4.69, 9.17) is 66.1 Å². The van der Waals surface area contributed by atoms with Crippen molar-refractivity contribution in [3.8, 4) is 11.5 Å². The zero-order chi connectivity index (χ0) is 28.1. The second-order valence-electron chi connectivity index (χ2n) is 6.59. The number of methoxy groups -OCH3 is 2. The van der Waals surface area contributed by atoms with Crippen LogP contribution in [0.5, 0.6) is 11.5 Å². The minimum atomic E-state index is -1.16. The van der Waals surface area contributed by atoms with Gasteiger partial charge in [0.15, 0.2) is 11.5 Å². The van der Waals surface area contributed by atoms with Gasteiger partial charge in [-0.3, -0.25) is 0 Å². The number of carboxylic acids is 2. The molecule has 196 valence electrons. The molecule has 0 heterocycles. The average Bonchev–Trinajstić information content (AvgIpc) is 2.88. The predicted molar refractivity (Wildman–Crippen MR) is 149 cm³/mol. The van der Waals surface area contributed by atoms with Gasteiger partial charge in [-0.1, -0.05) is 77.8 Å². The Labute approximate surface area is 234 Å². The Bertz CT molecular complexity index is 1170. The molecule has 0 aliphatic rings. The SMILES string of the molecule is C=CN(C=C)c1ccccc1.COc1c(Cl)ccc(Cl)c1C(=O)O.COc1c(Cl)ccc(Cl)c1C(=O)O. The lowest BCUT2D eigenvalue weighted by Gasteiger charge is -2.13. The summed E-state index contributed by atoms with van der Waals surface area (Å²) in [6, 6.07) is 15.7. The third-order valence-electron chi connectivity index (χ3n) is 4.40. The number of carbonyl (C=O) groups is 2. The lowest BCUT2D eigenvalue weighted by molar-refractivity contribution is 0.0682. The number of halogens is 4. The summed E-state index contributed by atoms with van der Waals surface area (Å²) in [4.78, 5) is 23.3. The Balaban J connectivity index is 0.000000279. The summed E-state index contributed by atoms with van der Waals surface area (Å²) in [7, 11) is 2.67. The van der Waals surface area contributed by atoms with E-state index < -0.39 is 11.9 Å². The molecule has 0 saturated heterocycles. The number of hydrogen-bond acceptors (Lipinski definition) is 5. The Hall–Kier alpha value is -3.36. The molecule has 37 heavy (non-hydrogen) atoms. The van der Waals surface area contributed by atoms with Gasteiger partial charge in [-0.2, -0.15) is 0 Å². The van der Waals surface area contributed by atoms with E-state index in [0.29, 0.717) is 0 Å². The first kappa shape index (κ1) is 31.7. The zero-order valence-corrected chi connectivity index (χ0v) is 22.8. The Morgan fingerprint density at radius 1 is 0.703 bits per heavy atom. The summed E-state index contributed by atoms with van der Waals surface area (Å²) in [6.45, 7) is 7.33. The summed E-state index contributed by atoms with van der Waals surface area (Å²) in [5, 5.41) is 18.2. The van der Waals surface area contributed by atoms with E-state index in [-0.39, 0.29) is 42.7 Å². The third kappa shape index (κ3) is 8.91. The van der Waals surface area contributed by atoms with Crippen molar-refractivity contribution in [2.45, 2.75) is 0 Å². The van der Waals surface area contributed by atoms with Gasteiger partial charge >= 0.3 is 11.9 Å². The first-order valence-electron chi connectivity index (χ1n) is 10.1. The molecule has 0 fully saturated rings. The topological polar surface area (TPSA) is 96.3 Å². The highest BCUT2D eigenvalue weighted by Crippen LogP contribution is 2.34. The summed E-state index contributed by atoms with van der Waals surface area (Å²) in [5.41, 5.74) is 0.853. The molecule has 3 aromatic carbocycles. The second kappa shape index (κ2) is 15.7. The number of aromatic carboxylic acids is 2. The number of ether oxygens (including phenoxy) is 2. The number of rotatable bonds is 7. The molecular formula is C26H23Cl4NO6. The lowest BCUT2D eigenvalue weighted by atomic mass is 10.2. The van der Waals surface area contributed by atoms with Crippen LogP contribution in [0.3, 0.4) is 0 Å². The molecule has 0 atom stereocenters. The third-order valence-corrected chi connectivity index (χ3v) is 5.63. The van der Waals surface area contributed by atoms with Gasteiger partial charge in [0.2, 0.25) is 0 Å². The molecule has 0 unspecified atom stereocenters. The van der Waals surface area contributed by atoms with Gasteiger partial charge in [0.25, 0.3) is 0 Å². The average molecular weight is 587 g/mol. The maximum atomic E-state index is 10.7. The van der Waals surface area contributed by atoms with E-state index in [1.165, 1.54) is 38.5 Å². The standard InChI is InChI=1S/C10H11N.2C8H6Cl2O3/c1-3-11(4-2)10-8-6-5-7-9-10;2*1-13-7-5(10)3-2-4(9)6(7)8(11)12/h3-9H,1-2H2;2*2-3H,1H3,(H,11,12). The van der Waals surface area contributed by atoms with Crippen LogP contribution in [-0.4, -0.2) is 36.4 Å². The van der Waals surface area contributed by atoms with Crippen LogP contribution in [0.4, 0.5) is 5.69 Å². The zero-order valence-electron chi connectivity index (χ0n) is 19.8. The van der Waals surface area contributed by atoms with Gasteiger partial charge < -0.3 is 24.6 Å². The molecule has 0 saturated carbocycles. The van der Waals surface area contributed by atoms with E-state index >= 15 is 0 Å². The van der Waals surface area contributed by atoms with Crippen molar-refractivity contribution in [2.75, 3.05) is 19.1 Å². The Morgan fingerprint density at radius 2 is 1.05 bits per heavy atom. The van der Waals surface area contributed by atoms with Crippen LogP contribution in [0.2, 0.25) is 20.1 Å². The predicted octanol–water partition coefficient (Wildman–Crippen LogP) is 8.18. The molecule has 0 amide bonds. The highest BCUT2D eigenvalue weighted by atomic mass is 35.5. The van der Waals surface area contributed by atoms with Crippen LogP contribution >= 0.6 is 46.4 Å². The molecule has 7 nitrogen and oxygen atoms in total. The molecule has 3 rings (SSSR count). The number of benzene rings is 3. The van der Waals surface area contributed by atoms with E-state index in [9.17, 15) is 9.59 Å². The van der Waals surface area contributed by atoms with E-state index in [0.717, 1.165) is 5.69 Å². The highest BCUT2D eigenvalue weighted by Gasteiger charge is 2.19. The monoisotopic (exact) mass is 585 g/mol. The van der Waals surface area contributed by atoms with E-state index in [1.807, 2.05) is 35.2 Å². The van der Waals surface area contributed by atoms with Gasteiger partial charge in [0, 0.05) is 18.1 Å². The molecule has 0 radical (unpaired) electrons. The van der Waals surface area contributed by atoms with Crippen LogP contribution < -0.4 is 14.4 Å². The quantitative estimate of drug-likeness (QED) is 0.288. The number of para-hydroxylation sites is 1. The first-order valence-corrected chi connectivity index (χ1v) is 11.6. The number of nitrogens with zero attached hydrogens (tertiary/aromatic N) is 1. The van der Waals surface area contributed by atoms with Gasteiger partial charge in [0.05, 0.1) is 34.3 Å². The molecule has 0 aliphatic heterocycles. The fourth-order valence-corrected chi connectivity index (χ4v) is 3.68. The Kier molecular flexibility index (Phi) is 13.4. The summed E-state index contributed by atoms with van der Waals surface area (Å²) in [5.74, 6) is -2.16. The minimum absolute atomic E-state index is 0.0849. The second-order valence-corrected chi connectivity index (χ2v) is 8.22. The minimum Gasteiger partial charge on any atom is -0.494 e. The molecule has 2 N–H and O–H groups in total. The molecule has 11 heteroatoms. The van der Waals surface area contributed by atoms with Gasteiger partial charge in [-0.25, -0.2) is 9.59 Å². The van der Waals surface area contributed by atoms with Crippen LogP contribution in [0.15, 0.2) is 80.2 Å². The Morgan fingerprint density at radius 3 is 1.32 bits per heavy atom. The molecule has 0 bridgehead atoms. The van der Waals surface area contributed by atoms with Gasteiger partial charge in [-0.15, -0.1) is 0 Å². The number of hydrogen-bond donors (Lipinski definition) is 2. The maximum Gasteiger partial charge on any atom is 0.341 e. The first-order chi connectivity index (χ1) is 17.5. The van der Waals surface area contributed by atoms with Gasteiger partial charge in [0.1, 0.15) is 11.1 Å². The fraction of sp³-hybridized carbons (Fsp3) is 0.0769. The summed E-state index contributed by atoms with van der Waals surface area (Å²) < 4.78 is 9.64. The van der Waals surface area contributed by atoms with Crippen molar-refractivity contribution in [3.63, 3.8) is 0 Å². The van der Waals surface area contributed by atoms with E-state index in [2.05, 4.69) is 13.2 Å².